The first kappa shape index (κ1) is 8.89. The summed E-state index contributed by atoms with van der Waals surface area (Å²) >= 11 is 2.08. The summed E-state index contributed by atoms with van der Waals surface area (Å²) in [5.41, 5.74) is 0. The van der Waals surface area contributed by atoms with Gasteiger partial charge in [0.1, 0.15) is 0 Å². The molecule has 0 N–H and O–H groups in total. The molecule has 0 aromatic rings. The van der Waals surface area contributed by atoms with E-state index in [4.69, 9.17) is 4.74 Å². The van der Waals surface area contributed by atoms with Crippen molar-refractivity contribution in [2.45, 2.75) is 49.7 Å². The van der Waals surface area contributed by atoms with Crippen LogP contribution in [0.1, 0.15) is 33.6 Å². The average Bonchev–Trinajstić information content (AvgIpc) is 2.60. The van der Waals surface area contributed by atoms with Crippen LogP contribution in [0.5, 0.6) is 0 Å². The summed E-state index contributed by atoms with van der Waals surface area (Å²) in [4.78, 5) is 0. The van der Waals surface area contributed by atoms with Crippen LogP contribution < -0.4 is 0 Å². The molecule has 0 aromatic heterocycles. The van der Waals surface area contributed by atoms with E-state index in [1.165, 1.54) is 12.8 Å². The third-order valence-electron chi connectivity index (χ3n) is 2.97. The van der Waals surface area contributed by atoms with Crippen LogP contribution in [-0.2, 0) is 4.74 Å². The van der Waals surface area contributed by atoms with Gasteiger partial charge in [-0.1, -0.05) is 6.92 Å². The highest BCUT2D eigenvalue weighted by Gasteiger charge is 2.52. The third kappa shape index (κ3) is 1.64. The van der Waals surface area contributed by atoms with Crippen molar-refractivity contribution in [2.24, 2.45) is 5.92 Å². The highest BCUT2D eigenvalue weighted by atomic mass is 32.2. The Morgan fingerprint density at radius 3 is 2.58 bits per heavy atom. The maximum atomic E-state index is 5.79. The topological polar surface area (TPSA) is 9.23 Å². The second-order valence-electron chi connectivity index (χ2n) is 4.68. The lowest BCUT2D eigenvalue weighted by atomic mass is 9.93. The number of ether oxygens (including phenoxy) is 1. The highest BCUT2D eigenvalue weighted by molar-refractivity contribution is 8.08. The van der Waals surface area contributed by atoms with Gasteiger partial charge in [-0.3, -0.25) is 0 Å². The number of thioether (sulfide) groups is 1. The zero-order chi connectivity index (χ0) is 8.77. The van der Waals surface area contributed by atoms with E-state index in [-0.39, 0.29) is 0 Å². The van der Waals surface area contributed by atoms with Crippen molar-refractivity contribution >= 4 is 11.8 Å². The van der Waals surface area contributed by atoms with Crippen LogP contribution in [0.4, 0.5) is 0 Å². The minimum absolute atomic E-state index is 0.502. The molecule has 2 rings (SSSR count). The first-order chi connectivity index (χ1) is 5.59. The molecule has 3 atom stereocenters. The van der Waals surface area contributed by atoms with Gasteiger partial charge in [0.05, 0.1) is 6.10 Å². The van der Waals surface area contributed by atoms with Gasteiger partial charge < -0.3 is 4.74 Å². The fourth-order valence-electron chi connectivity index (χ4n) is 2.03. The van der Waals surface area contributed by atoms with Crippen LogP contribution in [0.15, 0.2) is 0 Å². The minimum atomic E-state index is 0.502. The van der Waals surface area contributed by atoms with Crippen LogP contribution in [-0.4, -0.2) is 22.7 Å². The summed E-state index contributed by atoms with van der Waals surface area (Å²) in [5.74, 6) is 0.876. The molecular weight excluding hydrogens is 168 g/mol. The Hall–Kier alpha value is 0.310. The molecule has 0 bridgehead atoms. The molecule has 2 fully saturated rings. The predicted molar refractivity (Wildman–Crippen MR) is 53.6 cm³/mol. The first-order valence-corrected chi connectivity index (χ1v) is 5.77. The molecule has 12 heavy (non-hydrogen) atoms. The molecule has 0 radical (unpaired) electrons. The first-order valence-electron chi connectivity index (χ1n) is 4.89. The summed E-state index contributed by atoms with van der Waals surface area (Å²) in [7, 11) is 0. The van der Waals surface area contributed by atoms with Gasteiger partial charge in [0.15, 0.2) is 0 Å². The van der Waals surface area contributed by atoms with Crippen LogP contribution in [0.25, 0.3) is 0 Å². The van der Waals surface area contributed by atoms with Crippen molar-refractivity contribution in [1.82, 2.24) is 0 Å². The summed E-state index contributed by atoms with van der Waals surface area (Å²) in [5, 5.41) is 0.778. The lowest BCUT2D eigenvalue weighted by molar-refractivity contribution is -0.00343. The van der Waals surface area contributed by atoms with Crippen LogP contribution in [0.2, 0.25) is 0 Å². The lowest BCUT2D eigenvalue weighted by Crippen LogP contribution is -2.31. The number of hydrogen-bond acceptors (Lipinski definition) is 2. The molecule has 2 heteroatoms. The van der Waals surface area contributed by atoms with Crippen LogP contribution in [0, 0.1) is 5.92 Å². The molecule has 70 valence electrons. The highest BCUT2D eigenvalue weighted by Crippen LogP contribution is 2.56. The molecule has 1 nitrogen and oxygen atoms in total. The summed E-state index contributed by atoms with van der Waals surface area (Å²) in [6.07, 6.45) is 3.09. The predicted octanol–water partition coefficient (Wildman–Crippen LogP) is 2.70. The van der Waals surface area contributed by atoms with Crippen LogP contribution >= 0.6 is 11.8 Å². The van der Waals surface area contributed by atoms with Gasteiger partial charge in [-0.05, 0) is 32.6 Å². The maximum Gasteiger partial charge on any atom is 0.0709 e. The van der Waals surface area contributed by atoms with Crippen molar-refractivity contribution in [3.05, 3.63) is 0 Å². The Labute approximate surface area is 79.2 Å². The Balaban J connectivity index is 1.89. The Kier molecular flexibility index (Phi) is 2.16. The molecule has 2 aliphatic heterocycles. The van der Waals surface area contributed by atoms with Gasteiger partial charge in [0.25, 0.3) is 0 Å². The average molecular weight is 186 g/mol. The fraction of sp³-hybridized carbons (Fsp3) is 1.00. The molecule has 2 heterocycles. The van der Waals surface area contributed by atoms with E-state index < -0.39 is 0 Å². The van der Waals surface area contributed by atoms with Gasteiger partial charge in [-0.15, -0.1) is 11.8 Å². The van der Waals surface area contributed by atoms with Crippen molar-refractivity contribution < 1.29 is 4.74 Å². The molecule has 0 aromatic carbocycles. The monoisotopic (exact) mass is 186 g/mol. The lowest BCUT2D eigenvalue weighted by Gasteiger charge is -2.27. The molecule has 0 saturated carbocycles. The minimum Gasteiger partial charge on any atom is -0.377 e. The standard InChI is InChI=1S/C10H18OS/c1-7-4-5-11-8(6-7)9-10(2,3)12-9/h7-9H,4-6H2,1-3H3. The third-order valence-corrected chi connectivity index (χ3v) is 4.73. The Morgan fingerprint density at radius 2 is 2.08 bits per heavy atom. The van der Waals surface area contributed by atoms with Gasteiger partial charge in [-0.25, -0.2) is 0 Å². The molecule has 2 aliphatic rings. The van der Waals surface area contributed by atoms with Crippen LogP contribution in [0.3, 0.4) is 0 Å². The van der Waals surface area contributed by atoms with E-state index in [1.54, 1.807) is 0 Å². The van der Waals surface area contributed by atoms with Gasteiger partial charge in [-0.2, -0.15) is 0 Å². The van der Waals surface area contributed by atoms with Gasteiger partial charge >= 0.3 is 0 Å². The fourth-order valence-corrected chi connectivity index (χ4v) is 3.11. The van der Waals surface area contributed by atoms with E-state index in [0.717, 1.165) is 17.8 Å². The smallest absolute Gasteiger partial charge is 0.0709 e. The molecule has 2 saturated heterocycles. The second-order valence-corrected chi connectivity index (χ2v) is 6.48. The number of rotatable bonds is 1. The van der Waals surface area contributed by atoms with E-state index in [1.807, 2.05) is 0 Å². The van der Waals surface area contributed by atoms with E-state index in [0.29, 0.717) is 10.9 Å². The second kappa shape index (κ2) is 2.91. The summed E-state index contributed by atoms with van der Waals surface area (Å²) in [6.45, 7) is 7.98. The van der Waals surface area contributed by atoms with Crippen molar-refractivity contribution in [3.8, 4) is 0 Å². The zero-order valence-electron chi connectivity index (χ0n) is 8.17. The van der Waals surface area contributed by atoms with Gasteiger partial charge in [0.2, 0.25) is 0 Å². The van der Waals surface area contributed by atoms with Crippen molar-refractivity contribution in [2.75, 3.05) is 6.61 Å². The molecule has 3 unspecified atom stereocenters. The Morgan fingerprint density at radius 1 is 1.42 bits per heavy atom. The van der Waals surface area contributed by atoms with E-state index in [2.05, 4.69) is 32.5 Å². The van der Waals surface area contributed by atoms with Gasteiger partial charge in [0, 0.05) is 16.6 Å². The summed E-state index contributed by atoms with van der Waals surface area (Å²) in [6, 6.07) is 0. The largest absolute Gasteiger partial charge is 0.377 e. The molecule has 0 aliphatic carbocycles. The van der Waals surface area contributed by atoms with Crippen molar-refractivity contribution in [1.29, 1.82) is 0 Å². The summed E-state index contributed by atoms with van der Waals surface area (Å²) < 4.78 is 6.29. The quantitative estimate of drug-likeness (QED) is 0.582. The molecule has 0 spiro atoms. The Bertz CT molecular complexity index is 179. The van der Waals surface area contributed by atoms with E-state index >= 15 is 0 Å². The van der Waals surface area contributed by atoms with E-state index in [9.17, 15) is 0 Å². The molecule has 0 amide bonds. The molecular formula is C10H18OS. The SMILES string of the molecule is CC1CCOC(C2SC2(C)C)C1. The zero-order valence-corrected chi connectivity index (χ0v) is 8.99. The normalized spacial score (nSPS) is 45.8. The number of hydrogen-bond donors (Lipinski definition) is 0. The maximum absolute atomic E-state index is 5.79. The van der Waals surface area contributed by atoms with Crippen molar-refractivity contribution in [3.63, 3.8) is 0 Å².